The van der Waals surface area contributed by atoms with Gasteiger partial charge in [0.2, 0.25) is 0 Å². The molecule has 4 rings (SSSR count). The van der Waals surface area contributed by atoms with Gasteiger partial charge in [-0.15, -0.1) is 0 Å². The molecule has 25 heavy (non-hydrogen) atoms. The van der Waals surface area contributed by atoms with Crippen LogP contribution in [-0.2, 0) is 0 Å². The van der Waals surface area contributed by atoms with Gasteiger partial charge >= 0.3 is 0 Å². The predicted octanol–water partition coefficient (Wildman–Crippen LogP) is 6.20. The molecule has 0 aliphatic heterocycles. The summed E-state index contributed by atoms with van der Waals surface area (Å²) in [5, 5.41) is 4.91. The van der Waals surface area contributed by atoms with Crippen molar-refractivity contribution in [3.63, 3.8) is 0 Å². The van der Waals surface area contributed by atoms with Crippen molar-refractivity contribution in [1.82, 2.24) is 9.78 Å². The van der Waals surface area contributed by atoms with Gasteiger partial charge in [-0.25, -0.2) is 4.68 Å². The number of nitrogens with zero attached hydrogens (tertiary/aromatic N) is 2. The van der Waals surface area contributed by atoms with Crippen molar-refractivity contribution in [2.75, 3.05) is 0 Å². The molecule has 1 aromatic heterocycles. The van der Waals surface area contributed by atoms with Crippen LogP contribution in [0.5, 0.6) is 0 Å². The van der Waals surface area contributed by atoms with Gasteiger partial charge in [-0.1, -0.05) is 54.6 Å². The molecule has 0 atom stereocenters. The number of rotatable bonds is 4. The Balaban J connectivity index is 1.70. The molecular formula is C23H24N2. The minimum atomic E-state index is 1.03. The van der Waals surface area contributed by atoms with Crippen molar-refractivity contribution in [3.8, 4) is 0 Å². The third kappa shape index (κ3) is 3.74. The van der Waals surface area contributed by atoms with E-state index in [-0.39, 0.29) is 0 Å². The summed E-state index contributed by atoms with van der Waals surface area (Å²) < 4.78 is 2.17. The molecule has 2 aliphatic carbocycles. The molecule has 0 fully saturated rings. The Morgan fingerprint density at radius 1 is 0.960 bits per heavy atom. The Kier molecular flexibility index (Phi) is 4.78. The summed E-state index contributed by atoms with van der Waals surface area (Å²) in [6, 6.07) is 12.7. The summed E-state index contributed by atoms with van der Waals surface area (Å²) in [7, 11) is 0. The average molecular weight is 328 g/mol. The van der Waals surface area contributed by atoms with Crippen LogP contribution in [0.4, 0.5) is 0 Å². The third-order valence-corrected chi connectivity index (χ3v) is 4.86. The second-order valence-corrected chi connectivity index (χ2v) is 6.71. The molecule has 2 heteroatoms. The first-order valence-electron chi connectivity index (χ1n) is 9.29. The standard InChI is InChI=1S/C23H24N2/c1-4-10-19(11-5-1)16-17-21-18-23(20-12-6-2-7-13-20)25(24-21)22-14-8-3-9-15-22/h1,3-5,8,10-12,14,16-18H,2,6-7,9,13,15H2/b17-16+. The highest BCUT2D eigenvalue weighted by Gasteiger charge is 2.16. The van der Waals surface area contributed by atoms with Gasteiger partial charge in [0.05, 0.1) is 11.4 Å². The fraction of sp³-hybridized carbons (Fsp3) is 0.261. The first-order chi connectivity index (χ1) is 12.4. The highest BCUT2D eigenvalue weighted by atomic mass is 15.3. The van der Waals surface area contributed by atoms with Crippen LogP contribution >= 0.6 is 0 Å². The number of hydrogen-bond acceptors (Lipinski definition) is 1. The minimum Gasteiger partial charge on any atom is -0.237 e. The lowest BCUT2D eigenvalue weighted by Gasteiger charge is -2.17. The summed E-state index contributed by atoms with van der Waals surface area (Å²) in [6.07, 6.45) is 20.3. The molecule has 2 aliphatic rings. The number of aromatic nitrogens is 2. The second-order valence-electron chi connectivity index (χ2n) is 6.71. The van der Waals surface area contributed by atoms with Crippen molar-refractivity contribution < 1.29 is 0 Å². The highest BCUT2D eigenvalue weighted by Crippen LogP contribution is 2.30. The van der Waals surface area contributed by atoms with Crippen molar-refractivity contribution >= 4 is 23.4 Å². The van der Waals surface area contributed by atoms with E-state index in [9.17, 15) is 0 Å². The molecule has 0 saturated heterocycles. The average Bonchev–Trinajstić information content (AvgIpc) is 3.13. The Bertz CT molecular complexity index is 847. The third-order valence-electron chi connectivity index (χ3n) is 4.86. The van der Waals surface area contributed by atoms with Crippen LogP contribution in [0, 0.1) is 0 Å². The van der Waals surface area contributed by atoms with Crippen LogP contribution in [0.25, 0.3) is 23.4 Å². The summed E-state index contributed by atoms with van der Waals surface area (Å²) in [4.78, 5) is 0. The van der Waals surface area contributed by atoms with Crippen LogP contribution in [0.1, 0.15) is 55.5 Å². The van der Waals surface area contributed by atoms with E-state index in [1.54, 1.807) is 0 Å². The molecule has 1 heterocycles. The Labute approximate surface area is 149 Å². The monoisotopic (exact) mass is 328 g/mol. The normalized spacial score (nSPS) is 17.6. The Morgan fingerprint density at radius 3 is 2.64 bits per heavy atom. The molecule has 1 aromatic carbocycles. The molecule has 0 unspecified atom stereocenters. The first kappa shape index (κ1) is 15.9. The van der Waals surface area contributed by atoms with E-state index >= 15 is 0 Å². The summed E-state index contributed by atoms with van der Waals surface area (Å²) in [5.41, 5.74) is 6.25. The molecule has 0 amide bonds. The van der Waals surface area contributed by atoms with Gasteiger partial charge in [-0.05, 0) is 67.9 Å². The van der Waals surface area contributed by atoms with E-state index in [0.29, 0.717) is 0 Å². The quantitative estimate of drug-likeness (QED) is 0.653. The maximum absolute atomic E-state index is 4.91. The van der Waals surface area contributed by atoms with Gasteiger partial charge in [-0.3, -0.25) is 0 Å². The zero-order chi connectivity index (χ0) is 16.9. The van der Waals surface area contributed by atoms with Gasteiger partial charge in [-0.2, -0.15) is 5.10 Å². The van der Waals surface area contributed by atoms with Gasteiger partial charge in [0.25, 0.3) is 0 Å². The highest BCUT2D eigenvalue weighted by molar-refractivity contribution is 5.73. The van der Waals surface area contributed by atoms with Crippen molar-refractivity contribution in [2.24, 2.45) is 0 Å². The Morgan fingerprint density at radius 2 is 1.88 bits per heavy atom. The molecule has 0 bridgehead atoms. The smallest absolute Gasteiger partial charge is 0.0861 e. The van der Waals surface area contributed by atoms with Gasteiger partial charge in [0.15, 0.2) is 0 Å². The van der Waals surface area contributed by atoms with Crippen molar-refractivity contribution in [1.29, 1.82) is 0 Å². The molecule has 2 nitrogen and oxygen atoms in total. The molecule has 0 spiro atoms. The van der Waals surface area contributed by atoms with Crippen LogP contribution in [0.3, 0.4) is 0 Å². The lowest BCUT2D eigenvalue weighted by Crippen LogP contribution is -2.06. The number of benzene rings is 1. The lowest BCUT2D eigenvalue weighted by atomic mass is 9.96. The summed E-state index contributed by atoms with van der Waals surface area (Å²) in [6.45, 7) is 0. The summed E-state index contributed by atoms with van der Waals surface area (Å²) in [5.74, 6) is 0. The largest absolute Gasteiger partial charge is 0.237 e. The predicted molar refractivity (Wildman–Crippen MR) is 107 cm³/mol. The topological polar surface area (TPSA) is 17.8 Å². The van der Waals surface area contributed by atoms with Crippen molar-refractivity contribution in [2.45, 2.75) is 38.5 Å². The maximum Gasteiger partial charge on any atom is 0.0861 e. The molecule has 0 N–H and O–H groups in total. The molecule has 126 valence electrons. The lowest BCUT2D eigenvalue weighted by molar-refractivity contribution is 0.731. The van der Waals surface area contributed by atoms with E-state index in [2.05, 4.69) is 71.5 Å². The van der Waals surface area contributed by atoms with Crippen LogP contribution in [0.2, 0.25) is 0 Å². The number of allylic oxidation sites excluding steroid dienone is 6. The van der Waals surface area contributed by atoms with Gasteiger partial charge < -0.3 is 0 Å². The maximum atomic E-state index is 4.91. The van der Waals surface area contributed by atoms with E-state index in [4.69, 9.17) is 5.10 Å². The fourth-order valence-electron chi connectivity index (χ4n) is 3.51. The van der Waals surface area contributed by atoms with E-state index in [0.717, 1.165) is 25.0 Å². The Hall–Kier alpha value is -2.61. The van der Waals surface area contributed by atoms with E-state index < -0.39 is 0 Å². The first-order valence-corrected chi connectivity index (χ1v) is 9.29. The SMILES string of the molecule is C1=CCCC(n2nc(/C=C/c3ccccc3)cc2C2=CCCCC2)=C1. The molecule has 0 saturated carbocycles. The van der Waals surface area contributed by atoms with Gasteiger partial charge in [0, 0.05) is 5.70 Å². The fourth-order valence-corrected chi connectivity index (χ4v) is 3.51. The molecular weight excluding hydrogens is 304 g/mol. The van der Waals surface area contributed by atoms with Crippen LogP contribution in [0.15, 0.2) is 60.7 Å². The van der Waals surface area contributed by atoms with E-state index in [1.165, 1.54) is 41.8 Å². The second kappa shape index (κ2) is 7.52. The van der Waals surface area contributed by atoms with E-state index in [1.807, 2.05) is 6.07 Å². The van der Waals surface area contributed by atoms with Crippen LogP contribution in [-0.4, -0.2) is 9.78 Å². The zero-order valence-corrected chi connectivity index (χ0v) is 14.6. The summed E-state index contributed by atoms with van der Waals surface area (Å²) >= 11 is 0. The molecule has 0 radical (unpaired) electrons. The van der Waals surface area contributed by atoms with Crippen LogP contribution < -0.4 is 0 Å². The minimum absolute atomic E-state index is 1.03. The number of hydrogen-bond donors (Lipinski definition) is 0. The zero-order valence-electron chi connectivity index (χ0n) is 14.6. The van der Waals surface area contributed by atoms with Crippen molar-refractivity contribution in [3.05, 3.63) is 77.7 Å². The molecule has 2 aromatic rings. The van der Waals surface area contributed by atoms with Gasteiger partial charge in [0.1, 0.15) is 0 Å².